The molecule has 1 unspecified atom stereocenters. The van der Waals surface area contributed by atoms with Gasteiger partial charge in [0.25, 0.3) is 0 Å². The first-order chi connectivity index (χ1) is 14.7. The molecule has 1 aromatic rings. The number of esters is 1. The zero-order valence-corrected chi connectivity index (χ0v) is 19.1. The van der Waals surface area contributed by atoms with Crippen LogP contribution in [0.15, 0.2) is 30.3 Å². The first-order valence-corrected chi connectivity index (χ1v) is 10.9. The van der Waals surface area contributed by atoms with Crippen LogP contribution in [-0.2, 0) is 25.5 Å². The molecule has 31 heavy (non-hydrogen) atoms. The van der Waals surface area contributed by atoms with Crippen molar-refractivity contribution in [3.8, 4) is 0 Å². The summed E-state index contributed by atoms with van der Waals surface area (Å²) in [6, 6.07) is 8.90. The van der Waals surface area contributed by atoms with Crippen LogP contribution in [0.2, 0.25) is 0 Å². The molecule has 172 valence electrons. The minimum absolute atomic E-state index is 0.125. The van der Waals surface area contributed by atoms with Gasteiger partial charge in [-0.05, 0) is 33.3 Å². The normalized spacial score (nSPS) is 15.8. The Morgan fingerprint density at radius 2 is 1.71 bits per heavy atom. The van der Waals surface area contributed by atoms with Gasteiger partial charge in [-0.15, -0.1) is 0 Å². The van der Waals surface area contributed by atoms with Crippen LogP contribution in [0, 0.1) is 0 Å². The topological polar surface area (TPSA) is 88.2 Å². The molecule has 1 aliphatic heterocycles. The van der Waals surface area contributed by atoms with Crippen LogP contribution in [0.3, 0.4) is 0 Å². The summed E-state index contributed by atoms with van der Waals surface area (Å²) in [4.78, 5) is 41.0. The molecule has 0 radical (unpaired) electrons. The van der Waals surface area contributed by atoms with Crippen LogP contribution in [0.1, 0.15) is 39.7 Å². The maximum absolute atomic E-state index is 13.2. The van der Waals surface area contributed by atoms with Gasteiger partial charge in [-0.2, -0.15) is 0 Å². The molecule has 0 spiro atoms. The second-order valence-corrected chi connectivity index (χ2v) is 8.61. The van der Waals surface area contributed by atoms with Gasteiger partial charge < -0.3 is 19.7 Å². The van der Waals surface area contributed by atoms with Gasteiger partial charge in [0.2, 0.25) is 5.91 Å². The van der Waals surface area contributed by atoms with Crippen molar-refractivity contribution >= 4 is 18.0 Å². The van der Waals surface area contributed by atoms with Crippen LogP contribution in [0.5, 0.6) is 0 Å². The Bertz CT molecular complexity index is 724. The van der Waals surface area contributed by atoms with Crippen molar-refractivity contribution in [2.45, 2.75) is 52.2 Å². The number of carbonyl (C=O) groups is 3. The van der Waals surface area contributed by atoms with Gasteiger partial charge in [0.1, 0.15) is 11.6 Å². The number of hydrogen-bond donors (Lipinski definition) is 1. The number of nitrogens with one attached hydrogen (secondary N) is 1. The number of amides is 2. The van der Waals surface area contributed by atoms with E-state index in [0.717, 1.165) is 5.56 Å². The number of ether oxygens (including phenoxy) is 2. The predicted octanol–water partition coefficient (Wildman–Crippen LogP) is 2.22. The lowest BCUT2D eigenvalue weighted by Crippen LogP contribution is -2.56. The highest BCUT2D eigenvalue weighted by atomic mass is 16.6. The molecule has 1 aromatic carbocycles. The van der Waals surface area contributed by atoms with Crippen molar-refractivity contribution in [2.24, 2.45) is 0 Å². The molecule has 0 bridgehead atoms. The fourth-order valence-electron chi connectivity index (χ4n) is 3.39. The Morgan fingerprint density at radius 1 is 1.06 bits per heavy atom. The summed E-state index contributed by atoms with van der Waals surface area (Å²) in [5.74, 6) is -0.328. The number of nitrogens with zero attached hydrogens (tertiary/aromatic N) is 2. The Morgan fingerprint density at radius 3 is 2.29 bits per heavy atom. The Labute approximate surface area is 184 Å². The fourth-order valence-corrected chi connectivity index (χ4v) is 3.39. The van der Waals surface area contributed by atoms with E-state index in [4.69, 9.17) is 9.47 Å². The highest BCUT2D eigenvalue weighted by molar-refractivity contribution is 5.86. The lowest BCUT2D eigenvalue weighted by molar-refractivity contribution is -0.144. The standard InChI is InChI=1S/C23H35N3O5/c1-5-30-20(27)11-12-25-13-15-26(16-14-25)21(28)19(17-18-9-7-6-8-10-18)24-22(29)31-23(2,3)4/h6-10,19H,5,11-17H2,1-4H3,(H,24,29). The summed E-state index contributed by atoms with van der Waals surface area (Å²) in [6.07, 6.45) is 0.135. The highest BCUT2D eigenvalue weighted by Crippen LogP contribution is 2.12. The molecular weight excluding hydrogens is 398 g/mol. The van der Waals surface area contributed by atoms with E-state index in [0.29, 0.717) is 52.2 Å². The summed E-state index contributed by atoms with van der Waals surface area (Å²) in [7, 11) is 0. The van der Waals surface area contributed by atoms with E-state index in [1.165, 1.54) is 0 Å². The third-order valence-electron chi connectivity index (χ3n) is 4.89. The van der Waals surface area contributed by atoms with Gasteiger partial charge in [-0.3, -0.25) is 14.5 Å². The van der Waals surface area contributed by atoms with E-state index in [-0.39, 0.29) is 11.9 Å². The maximum atomic E-state index is 13.2. The van der Waals surface area contributed by atoms with E-state index in [1.807, 2.05) is 30.3 Å². The van der Waals surface area contributed by atoms with Crippen LogP contribution in [-0.4, -0.2) is 78.7 Å². The molecule has 1 N–H and O–H groups in total. The van der Waals surface area contributed by atoms with Crippen LogP contribution in [0.25, 0.3) is 0 Å². The minimum Gasteiger partial charge on any atom is -0.466 e. The van der Waals surface area contributed by atoms with Crippen molar-refractivity contribution < 1.29 is 23.9 Å². The molecule has 0 aliphatic carbocycles. The number of rotatable bonds is 8. The number of benzene rings is 1. The maximum Gasteiger partial charge on any atom is 0.408 e. The van der Waals surface area contributed by atoms with Crippen molar-refractivity contribution in [3.63, 3.8) is 0 Å². The van der Waals surface area contributed by atoms with E-state index in [9.17, 15) is 14.4 Å². The molecule has 0 saturated carbocycles. The molecular formula is C23H35N3O5. The molecule has 1 atom stereocenters. The Hall–Kier alpha value is -2.61. The Kier molecular flexibility index (Phi) is 9.30. The van der Waals surface area contributed by atoms with Gasteiger partial charge in [0, 0.05) is 39.1 Å². The molecule has 2 rings (SSSR count). The molecule has 1 heterocycles. The molecule has 1 aliphatic rings. The van der Waals surface area contributed by atoms with Gasteiger partial charge in [-0.25, -0.2) is 4.79 Å². The first-order valence-electron chi connectivity index (χ1n) is 10.9. The quantitative estimate of drug-likeness (QED) is 0.633. The monoisotopic (exact) mass is 433 g/mol. The summed E-state index contributed by atoms with van der Waals surface area (Å²) in [5.41, 5.74) is 0.319. The molecule has 0 aromatic heterocycles. The summed E-state index contributed by atoms with van der Waals surface area (Å²) < 4.78 is 10.3. The van der Waals surface area contributed by atoms with Crippen molar-refractivity contribution in [2.75, 3.05) is 39.3 Å². The first kappa shape index (κ1) is 24.7. The highest BCUT2D eigenvalue weighted by Gasteiger charge is 2.30. The Balaban J connectivity index is 1.95. The molecule has 8 heteroatoms. The third-order valence-corrected chi connectivity index (χ3v) is 4.89. The second-order valence-electron chi connectivity index (χ2n) is 8.61. The summed E-state index contributed by atoms with van der Waals surface area (Å²) in [5, 5.41) is 2.76. The van der Waals surface area contributed by atoms with Crippen LogP contribution >= 0.6 is 0 Å². The van der Waals surface area contributed by atoms with E-state index in [1.54, 1.807) is 32.6 Å². The van der Waals surface area contributed by atoms with E-state index < -0.39 is 17.7 Å². The van der Waals surface area contributed by atoms with Crippen molar-refractivity contribution in [1.82, 2.24) is 15.1 Å². The SMILES string of the molecule is CCOC(=O)CCN1CCN(C(=O)C(Cc2ccccc2)NC(=O)OC(C)(C)C)CC1. The molecule has 1 fully saturated rings. The molecule has 2 amide bonds. The average Bonchev–Trinajstić information content (AvgIpc) is 2.71. The molecule has 8 nitrogen and oxygen atoms in total. The number of carbonyl (C=O) groups excluding carboxylic acids is 3. The zero-order chi connectivity index (χ0) is 22.9. The predicted molar refractivity (Wildman–Crippen MR) is 118 cm³/mol. The fraction of sp³-hybridized carbons (Fsp3) is 0.609. The van der Waals surface area contributed by atoms with Crippen molar-refractivity contribution in [1.29, 1.82) is 0 Å². The summed E-state index contributed by atoms with van der Waals surface area (Å²) in [6.45, 7) is 10.6. The second kappa shape index (κ2) is 11.7. The smallest absolute Gasteiger partial charge is 0.408 e. The van der Waals surface area contributed by atoms with Gasteiger partial charge in [0.05, 0.1) is 13.0 Å². The average molecular weight is 434 g/mol. The van der Waals surface area contributed by atoms with E-state index >= 15 is 0 Å². The van der Waals surface area contributed by atoms with Crippen molar-refractivity contribution in [3.05, 3.63) is 35.9 Å². The minimum atomic E-state index is -0.705. The number of piperazine rings is 1. The van der Waals surface area contributed by atoms with Gasteiger partial charge in [0.15, 0.2) is 0 Å². The zero-order valence-electron chi connectivity index (χ0n) is 19.1. The number of hydrogen-bond acceptors (Lipinski definition) is 6. The van der Waals surface area contributed by atoms with E-state index in [2.05, 4.69) is 10.2 Å². The summed E-state index contributed by atoms with van der Waals surface area (Å²) >= 11 is 0. The van der Waals surface area contributed by atoms with Crippen LogP contribution < -0.4 is 5.32 Å². The third kappa shape index (κ3) is 8.96. The molecule has 1 saturated heterocycles. The van der Waals surface area contributed by atoms with Gasteiger partial charge in [-0.1, -0.05) is 30.3 Å². The number of alkyl carbamates (subject to hydrolysis) is 1. The lowest BCUT2D eigenvalue weighted by Gasteiger charge is -2.36. The lowest BCUT2D eigenvalue weighted by atomic mass is 10.0. The largest absolute Gasteiger partial charge is 0.466 e. The van der Waals surface area contributed by atoms with Crippen LogP contribution in [0.4, 0.5) is 4.79 Å². The van der Waals surface area contributed by atoms with Gasteiger partial charge >= 0.3 is 12.1 Å².